The third-order valence-corrected chi connectivity index (χ3v) is 8.72. The predicted molar refractivity (Wildman–Crippen MR) is 157 cm³/mol. The molecular formula is C27H22BrClN4O5S2. The third-order valence-electron chi connectivity index (χ3n) is 5.76. The zero-order valence-electron chi connectivity index (χ0n) is 21.7. The molecule has 0 bridgehead atoms. The molecule has 1 aliphatic heterocycles. The van der Waals surface area contributed by atoms with Crippen molar-refractivity contribution in [3.05, 3.63) is 104 Å². The van der Waals surface area contributed by atoms with Gasteiger partial charge in [0.05, 0.1) is 32.4 Å². The molecule has 1 aliphatic rings. The number of rotatable bonds is 6. The van der Waals surface area contributed by atoms with Crippen LogP contribution in [0.2, 0.25) is 5.02 Å². The molecule has 4 heterocycles. The number of carbonyl (C=O) groups is 1. The third kappa shape index (κ3) is 5.80. The molecule has 206 valence electrons. The van der Waals surface area contributed by atoms with Crippen molar-refractivity contribution in [3.63, 3.8) is 0 Å². The van der Waals surface area contributed by atoms with E-state index < -0.39 is 12.0 Å². The Bertz CT molecular complexity index is 1900. The number of hydrogen-bond acceptors (Lipinski definition) is 9. The Morgan fingerprint density at radius 2 is 1.98 bits per heavy atom. The number of carbonyl (C=O) groups excluding carboxylic acids is 1. The van der Waals surface area contributed by atoms with Crippen LogP contribution in [0.25, 0.3) is 6.08 Å². The molecule has 1 N–H and O–H groups in total. The maximum Gasteiger partial charge on any atom is 0.338 e. The summed E-state index contributed by atoms with van der Waals surface area (Å²) in [7, 11) is 0. The van der Waals surface area contributed by atoms with Gasteiger partial charge in [0.1, 0.15) is 5.76 Å². The number of fused-ring (bicyclic) bond motifs is 1. The normalized spacial score (nSPS) is 15.4. The average Bonchev–Trinajstić information content (AvgIpc) is 3.35. The molecule has 0 unspecified atom stereocenters. The summed E-state index contributed by atoms with van der Waals surface area (Å²) < 4.78 is 14.0. The van der Waals surface area contributed by atoms with E-state index in [0.29, 0.717) is 51.8 Å². The minimum Gasteiger partial charge on any atom is -0.459 e. The second-order valence-corrected chi connectivity index (χ2v) is 12.4. The summed E-state index contributed by atoms with van der Waals surface area (Å²) in [6, 6.07) is 9.36. The van der Waals surface area contributed by atoms with Crippen molar-refractivity contribution in [1.29, 1.82) is 0 Å². The number of nitrogens with one attached hydrogen (secondary N) is 1. The van der Waals surface area contributed by atoms with E-state index in [1.54, 1.807) is 64.1 Å². The number of benzene rings is 1. The van der Waals surface area contributed by atoms with Crippen LogP contribution in [0.4, 0.5) is 0 Å². The van der Waals surface area contributed by atoms with Gasteiger partial charge in [-0.15, -0.1) is 0 Å². The van der Waals surface area contributed by atoms with Gasteiger partial charge in [-0.05, 0) is 79.1 Å². The summed E-state index contributed by atoms with van der Waals surface area (Å²) in [6.07, 6.45) is 1.27. The van der Waals surface area contributed by atoms with Crippen molar-refractivity contribution in [2.45, 2.75) is 50.1 Å². The Kier molecular flexibility index (Phi) is 8.05. The molecule has 1 aromatic carbocycles. The van der Waals surface area contributed by atoms with Crippen LogP contribution < -0.4 is 20.5 Å². The molecule has 13 heteroatoms. The fourth-order valence-electron chi connectivity index (χ4n) is 4.15. The Morgan fingerprint density at radius 3 is 2.65 bits per heavy atom. The minimum atomic E-state index is -0.749. The van der Waals surface area contributed by atoms with E-state index in [1.807, 2.05) is 0 Å². The number of ether oxygens (including phenoxy) is 1. The van der Waals surface area contributed by atoms with Crippen LogP contribution in [0.1, 0.15) is 43.8 Å². The van der Waals surface area contributed by atoms with Crippen LogP contribution in [-0.4, -0.2) is 26.6 Å². The number of aromatic nitrogens is 3. The first kappa shape index (κ1) is 28.3. The predicted octanol–water partition coefficient (Wildman–Crippen LogP) is 4.74. The smallest absolute Gasteiger partial charge is 0.338 e. The summed E-state index contributed by atoms with van der Waals surface area (Å²) in [5.74, 6) is -0.127. The highest BCUT2D eigenvalue weighted by atomic mass is 79.9. The molecular weight excluding hydrogens is 640 g/mol. The lowest BCUT2D eigenvalue weighted by Crippen LogP contribution is -2.40. The van der Waals surface area contributed by atoms with Gasteiger partial charge < -0.3 is 14.1 Å². The molecule has 3 aromatic heterocycles. The van der Waals surface area contributed by atoms with E-state index in [-0.39, 0.29) is 22.8 Å². The molecule has 0 aliphatic carbocycles. The highest BCUT2D eigenvalue weighted by Crippen LogP contribution is 2.35. The van der Waals surface area contributed by atoms with Crippen LogP contribution in [0.3, 0.4) is 0 Å². The van der Waals surface area contributed by atoms with Crippen molar-refractivity contribution in [3.8, 4) is 0 Å². The van der Waals surface area contributed by atoms with Crippen LogP contribution in [0.15, 0.2) is 81.4 Å². The molecule has 0 spiro atoms. The van der Waals surface area contributed by atoms with Gasteiger partial charge in [0, 0.05) is 22.9 Å². The summed E-state index contributed by atoms with van der Waals surface area (Å²) in [5, 5.41) is 1.37. The molecule has 9 nitrogen and oxygen atoms in total. The van der Waals surface area contributed by atoms with Crippen LogP contribution in [0, 0.1) is 6.92 Å². The van der Waals surface area contributed by atoms with E-state index in [4.69, 9.17) is 20.8 Å². The van der Waals surface area contributed by atoms with Crippen molar-refractivity contribution in [2.75, 3.05) is 0 Å². The first-order chi connectivity index (χ1) is 19.0. The average molecular weight is 662 g/mol. The number of thiazole rings is 1. The lowest BCUT2D eigenvalue weighted by atomic mass is 9.96. The standard InChI is InChI=1S/C27H22BrClN4O5S2/c1-12(2)37-24(36)21-14(4)31-27-33(22(21)15-5-7-16(29)8-6-15)23(35)19(39-27)11-17-10-18(28)25(38-17)40-26-30-13(3)9-20(34)32-26/h5-12,22H,1-4H3,(H,30,32,34)/b19-11+/t22-/m0/s1. The Labute approximate surface area is 249 Å². The summed E-state index contributed by atoms with van der Waals surface area (Å²) >= 11 is 11.9. The fraction of sp³-hybridized carbons (Fsp3) is 0.222. The topological polar surface area (TPSA) is 120 Å². The van der Waals surface area contributed by atoms with Gasteiger partial charge in [-0.1, -0.05) is 35.1 Å². The lowest BCUT2D eigenvalue weighted by Gasteiger charge is -2.25. The Morgan fingerprint density at radius 1 is 1.25 bits per heavy atom. The number of allylic oxidation sites excluding steroid dienone is 1. The van der Waals surface area contributed by atoms with E-state index in [1.165, 1.54) is 22.0 Å². The monoisotopic (exact) mass is 660 g/mol. The van der Waals surface area contributed by atoms with Crippen LogP contribution in [-0.2, 0) is 9.53 Å². The first-order valence-corrected chi connectivity index (χ1v) is 14.8. The molecule has 5 rings (SSSR count). The summed E-state index contributed by atoms with van der Waals surface area (Å²) in [6.45, 7) is 6.99. The summed E-state index contributed by atoms with van der Waals surface area (Å²) in [4.78, 5) is 50.8. The van der Waals surface area contributed by atoms with Crippen molar-refractivity contribution in [2.24, 2.45) is 4.99 Å². The number of aromatic amines is 1. The number of nitrogens with zero attached hydrogens (tertiary/aromatic N) is 3. The second kappa shape index (κ2) is 11.4. The molecule has 0 saturated carbocycles. The number of hydrogen-bond donors (Lipinski definition) is 1. The largest absolute Gasteiger partial charge is 0.459 e. The zero-order chi connectivity index (χ0) is 28.7. The quantitative estimate of drug-likeness (QED) is 0.234. The SMILES string of the molecule is CC1=C(C(=O)OC(C)C)[C@H](c2ccc(Cl)cc2)n2c(s/c(=C/c3cc(Br)c(Sc4nc(C)cc(=O)[nH]4)o3)c2=O)=N1. The van der Waals surface area contributed by atoms with E-state index in [0.717, 1.165) is 11.8 Å². The van der Waals surface area contributed by atoms with Gasteiger partial charge in [0.2, 0.25) is 0 Å². The number of aryl methyl sites for hydroxylation is 1. The van der Waals surface area contributed by atoms with Gasteiger partial charge in [-0.25, -0.2) is 14.8 Å². The van der Waals surface area contributed by atoms with E-state index in [2.05, 4.69) is 30.9 Å². The van der Waals surface area contributed by atoms with Gasteiger partial charge in [-0.2, -0.15) is 0 Å². The van der Waals surface area contributed by atoms with Gasteiger partial charge in [-0.3, -0.25) is 14.2 Å². The van der Waals surface area contributed by atoms with Crippen molar-refractivity contribution >= 4 is 62.7 Å². The van der Waals surface area contributed by atoms with E-state index in [9.17, 15) is 14.4 Å². The highest BCUT2D eigenvalue weighted by Gasteiger charge is 2.33. The first-order valence-electron chi connectivity index (χ1n) is 12.0. The number of esters is 1. The maximum absolute atomic E-state index is 13.8. The number of H-pyrrole nitrogens is 1. The summed E-state index contributed by atoms with van der Waals surface area (Å²) in [5.41, 5.74) is 1.43. The van der Waals surface area contributed by atoms with Gasteiger partial charge in [0.25, 0.3) is 11.1 Å². The maximum atomic E-state index is 13.8. The molecule has 1 atom stereocenters. The van der Waals surface area contributed by atoms with Crippen LogP contribution >= 0.6 is 50.6 Å². The number of furan rings is 1. The Balaban J connectivity index is 1.60. The van der Waals surface area contributed by atoms with Crippen LogP contribution in [0.5, 0.6) is 0 Å². The number of halogens is 2. The van der Waals surface area contributed by atoms with Gasteiger partial charge in [0.15, 0.2) is 15.1 Å². The molecule has 0 radical (unpaired) electrons. The molecule has 0 saturated heterocycles. The second-order valence-electron chi connectivity index (χ2n) is 9.17. The van der Waals surface area contributed by atoms with Gasteiger partial charge >= 0.3 is 5.97 Å². The van der Waals surface area contributed by atoms with Crippen molar-refractivity contribution < 1.29 is 13.9 Å². The Hall–Kier alpha value is -3.19. The molecule has 40 heavy (non-hydrogen) atoms. The zero-order valence-corrected chi connectivity index (χ0v) is 25.6. The fourth-order valence-corrected chi connectivity index (χ4v) is 6.66. The molecule has 0 fully saturated rings. The molecule has 4 aromatic rings. The van der Waals surface area contributed by atoms with Crippen molar-refractivity contribution in [1.82, 2.24) is 14.5 Å². The van der Waals surface area contributed by atoms with E-state index >= 15 is 0 Å². The molecule has 0 amide bonds. The highest BCUT2D eigenvalue weighted by molar-refractivity contribution is 9.10. The lowest BCUT2D eigenvalue weighted by molar-refractivity contribution is -0.143. The minimum absolute atomic E-state index is 0.263.